The summed E-state index contributed by atoms with van der Waals surface area (Å²) in [5, 5.41) is 4.78. The van der Waals surface area contributed by atoms with Crippen LogP contribution in [0.4, 0.5) is 0 Å². The van der Waals surface area contributed by atoms with Crippen LogP contribution < -0.4 is 5.69 Å². The van der Waals surface area contributed by atoms with E-state index in [4.69, 9.17) is 0 Å². The zero-order valence-corrected chi connectivity index (χ0v) is 19.1. The Morgan fingerprint density at radius 1 is 0.543 bits per heavy atom. The van der Waals surface area contributed by atoms with Crippen molar-refractivity contribution in [2.75, 3.05) is 0 Å². The van der Waals surface area contributed by atoms with Gasteiger partial charge in [0.1, 0.15) is 0 Å². The predicted molar refractivity (Wildman–Crippen MR) is 145 cm³/mol. The van der Waals surface area contributed by atoms with E-state index in [0.717, 1.165) is 32.9 Å². The Labute approximate surface area is 201 Å². The zero-order valence-electron chi connectivity index (χ0n) is 19.1. The van der Waals surface area contributed by atoms with E-state index in [-0.39, 0.29) is 5.69 Å². The fourth-order valence-electron chi connectivity index (χ4n) is 6.00. The lowest BCUT2D eigenvalue weighted by molar-refractivity contribution is 0.838. The van der Waals surface area contributed by atoms with Crippen molar-refractivity contribution in [3.05, 3.63) is 114 Å². The molecule has 1 aliphatic carbocycles. The van der Waals surface area contributed by atoms with Crippen LogP contribution in [0.15, 0.2) is 108 Å². The Bertz CT molecular complexity index is 2090. The fraction of sp³-hybridized carbons (Fsp3) is 0.0312. The highest BCUT2D eigenvalue weighted by Gasteiger charge is 2.21. The number of hydrogen-bond donors (Lipinski definition) is 0. The Kier molecular flexibility index (Phi) is 3.48. The molecule has 0 saturated heterocycles. The second-order valence-corrected chi connectivity index (χ2v) is 9.47. The van der Waals surface area contributed by atoms with Crippen LogP contribution in [0.1, 0.15) is 0 Å². The van der Waals surface area contributed by atoms with E-state index in [1.165, 1.54) is 38.6 Å². The van der Waals surface area contributed by atoms with Crippen molar-refractivity contribution < 1.29 is 0 Å². The number of aryl methyl sites for hydroxylation is 1. The summed E-state index contributed by atoms with van der Waals surface area (Å²) in [6.45, 7) is 0. The van der Waals surface area contributed by atoms with Crippen molar-refractivity contribution in [3.8, 4) is 33.4 Å². The second kappa shape index (κ2) is 6.49. The molecule has 0 atom stereocenters. The van der Waals surface area contributed by atoms with Gasteiger partial charge in [0.05, 0.1) is 16.6 Å². The molecule has 0 unspecified atom stereocenters. The number of hydrogen-bond acceptors (Lipinski definition) is 1. The van der Waals surface area contributed by atoms with Crippen LogP contribution in [-0.2, 0) is 7.05 Å². The third kappa shape index (κ3) is 2.37. The molecule has 164 valence electrons. The van der Waals surface area contributed by atoms with Crippen molar-refractivity contribution in [2.24, 2.45) is 7.05 Å². The molecule has 0 bridgehead atoms. The molecule has 8 rings (SSSR count). The summed E-state index contributed by atoms with van der Waals surface area (Å²) in [6, 6.07) is 36.6. The van der Waals surface area contributed by atoms with E-state index in [1.54, 1.807) is 4.57 Å². The average molecular weight is 449 g/mol. The molecular weight excluding hydrogens is 428 g/mol. The van der Waals surface area contributed by atoms with Crippen LogP contribution in [-0.4, -0.2) is 8.97 Å². The molecule has 0 radical (unpaired) electrons. The van der Waals surface area contributed by atoms with Gasteiger partial charge in [0.2, 0.25) is 0 Å². The van der Waals surface area contributed by atoms with Crippen molar-refractivity contribution in [2.45, 2.75) is 0 Å². The second-order valence-electron chi connectivity index (χ2n) is 9.47. The van der Waals surface area contributed by atoms with E-state index in [0.29, 0.717) is 0 Å². The molecule has 7 aromatic rings. The first-order valence-electron chi connectivity index (χ1n) is 11.9. The van der Waals surface area contributed by atoms with Gasteiger partial charge in [-0.1, -0.05) is 72.8 Å². The van der Waals surface area contributed by atoms with Gasteiger partial charge in [-0.3, -0.25) is 8.97 Å². The van der Waals surface area contributed by atoms with Crippen LogP contribution in [0.5, 0.6) is 0 Å². The molecule has 35 heavy (non-hydrogen) atoms. The summed E-state index contributed by atoms with van der Waals surface area (Å²) in [5.74, 6) is 0. The van der Waals surface area contributed by atoms with E-state index < -0.39 is 0 Å². The Morgan fingerprint density at radius 2 is 1.26 bits per heavy atom. The van der Waals surface area contributed by atoms with Crippen LogP contribution >= 0.6 is 0 Å². The van der Waals surface area contributed by atoms with Gasteiger partial charge in [0, 0.05) is 17.8 Å². The predicted octanol–water partition coefficient (Wildman–Crippen LogP) is 7.41. The lowest BCUT2D eigenvalue weighted by Crippen LogP contribution is -2.24. The summed E-state index contributed by atoms with van der Waals surface area (Å²) in [7, 11) is 1.85. The smallest absolute Gasteiger partial charge is 0.296 e. The maximum absolute atomic E-state index is 13.2. The number of benzene rings is 5. The van der Waals surface area contributed by atoms with Gasteiger partial charge in [-0.25, -0.2) is 4.79 Å². The number of rotatable bonds is 1. The number of aromatic nitrogens is 2. The SMILES string of the molecule is Cn1c(=O)n2c3ccccc3cc2c2cc(-c3ccc4c(c3)-c3cccc5cccc-4c35)ccc21. The maximum Gasteiger partial charge on any atom is 0.333 e. The van der Waals surface area contributed by atoms with Gasteiger partial charge >= 0.3 is 5.69 Å². The molecule has 1 aliphatic rings. The van der Waals surface area contributed by atoms with E-state index >= 15 is 0 Å². The summed E-state index contributed by atoms with van der Waals surface area (Å²) in [5.41, 5.74) is 10.3. The van der Waals surface area contributed by atoms with Gasteiger partial charge in [-0.15, -0.1) is 0 Å². The first kappa shape index (κ1) is 18.8. The number of para-hydroxylation sites is 1. The fourth-order valence-corrected chi connectivity index (χ4v) is 6.00. The number of nitrogens with zero attached hydrogens (tertiary/aromatic N) is 2. The quantitative estimate of drug-likeness (QED) is 0.257. The molecule has 2 heterocycles. The van der Waals surface area contributed by atoms with Crippen LogP contribution in [0.3, 0.4) is 0 Å². The molecule has 0 spiro atoms. The molecule has 0 fully saturated rings. The van der Waals surface area contributed by atoms with Gasteiger partial charge in [0.25, 0.3) is 0 Å². The highest BCUT2D eigenvalue weighted by molar-refractivity contribution is 6.15. The van der Waals surface area contributed by atoms with E-state index in [2.05, 4.69) is 84.9 Å². The molecule has 3 nitrogen and oxygen atoms in total. The summed E-state index contributed by atoms with van der Waals surface area (Å²) in [4.78, 5) is 13.2. The highest BCUT2D eigenvalue weighted by atomic mass is 16.1. The van der Waals surface area contributed by atoms with Crippen molar-refractivity contribution in [1.29, 1.82) is 0 Å². The minimum absolute atomic E-state index is 0.0233. The average Bonchev–Trinajstić information content (AvgIpc) is 3.45. The topological polar surface area (TPSA) is 26.4 Å². The Hall–Kier alpha value is -4.63. The van der Waals surface area contributed by atoms with Crippen molar-refractivity contribution in [1.82, 2.24) is 8.97 Å². The molecule has 5 aromatic carbocycles. The summed E-state index contributed by atoms with van der Waals surface area (Å²) in [6.07, 6.45) is 0. The largest absolute Gasteiger partial charge is 0.333 e. The lowest BCUT2D eigenvalue weighted by Gasteiger charge is -2.11. The first-order valence-corrected chi connectivity index (χ1v) is 11.9. The Balaban J connectivity index is 1.40. The molecule has 0 saturated carbocycles. The molecule has 0 N–H and O–H groups in total. The van der Waals surface area contributed by atoms with Gasteiger partial charge < -0.3 is 0 Å². The third-order valence-corrected chi connectivity index (χ3v) is 7.66. The monoisotopic (exact) mass is 448 g/mol. The van der Waals surface area contributed by atoms with Crippen LogP contribution in [0, 0.1) is 0 Å². The Morgan fingerprint density at radius 3 is 2.11 bits per heavy atom. The van der Waals surface area contributed by atoms with Crippen LogP contribution in [0.25, 0.3) is 71.5 Å². The van der Waals surface area contributed by atoms with Gasteiger partial charge in [-0.2, -0.15) is 0 Å². The van der Waals surface area contributed by atoms with E-state index in [9.17, 15) is 4.79 Å². The minimum Gasteiger partial charge on any atom is -0.296 e. The summed E-state index contributed by atoms with van der Waals surface area (Å²) >= 11 is 0. The summed E-state index contributed by atoms with van der Waals surface area (Å²) < 4.78 is 3.58. The van der Waals surface area contributed by atoms with Crippen molar-refractivity contribution in [3.63, 3.8) is 0 Å². The molecule has 2 aromatic heterocycles. The van der Waals surface area contributed by atoms with Crippen molar-refractivity contribution >= 4 is 38.1 Å². The minimum atomic E-state index is -0.0233. The van der Waals surface area contributed by atoms with Gasteiger partial charge in [0.15, 0.2) is 0 Å². The molecular formula is C32H20N2O. The van der Waals surface area contributed by atoms with Gasteiger partial charge in [-0.05, 0) is 74.5 Å². The molecule has 0 amide bonds. The maximum atomic E-state index is 13.2. The normalized spacial score (nSPS) is 12.3. The zero-order chi connectivity index (χ0) is 23.3. The molecule has 3 heteroatoms. The highest BCUT2D eigenvalue weighted by Crippen LogP contribution is 2.48. The van der Waals surface area contributed by atoms with Crippen LogP contribution in [0.2, 0.25) is 0 Å². The lowest BCUT2D eigenvalue weighted by atomic mass is 9.96. The standard InChI is InChI=1S/C32H20N2O/c1-33-29-15-13-21(17-27(29)30-18-22-6-2-3-11-28(22)34(30)32(33)35)20-12-14-23-24-9-4-7-19-8-5-10-25(31(19)24)26(23)16-20/h2-18H,1H3. The third-order valence-electron chi connectivity index (χ3n) is 7.66. The first-order chi connectivity index (χ1) is 17.2. The number of fused-ring (bicyclic) bond motifs is 8. The molecule has 0 aliphatic heterocycles. The van der Waals surface area contributed by atoms with E-state index in [1.807, 2.05) is 29.6 Å².